The van der Waals surface area contributed by atoms with E-state index in [-0.39, 0.29) is 11.1 Å². The Labute approximate surface area is 192 Å². The highest BCUT2D eigenvalue weighted by Gasteiger charge is 2.35. The van der Waals surface area contributed by atoms with Crippen molar-refractivity contribution in [3.63, 3.8) is 0 Å². The van der Waals surface area contributed by atoms with Crippen LogP contribution in [0.5, 0.6) is 0 Å². The standard InChI is InChI=1S/C22H26ClN3O5S/c23-19-7-8-20(31-19)26(16-9-11-30-12-10-16)32(28,29)25-22(27)24-21-17-5-1-3-14(17)13-15-4-2-6-18(15)21/h7-8,13,16H,1-6,9-12H2,(H2,24,25,27). The van der Waals surface area contributed by atoms with Crippen LogP contribution in [0.1, 0.15) is 47.9 Å². The number of nitrogens with one attached hydrogen (secondary N) is 2. The molecule has 0 bridgehead atoms. The number of carbonyl (C=O) groups is 1. The van der Waals surface area contributed by atoms with Gasteiger partial charge in [-0.05, 0) is 91.3 Å². The minimum Gasteiger partial charge on any atom is -0.428 e. The highest BCUT2D eigenvalue weighted by Crippen LogP contribution is 2.38. The summed E-state index contributed by atoms with van der Waals surface area (Å²) < 4.78 is 40.7. The number of halogens is 1. The van der Waals surface area contributed by atoms with Gasteiger partial charge in [-0.2, -0.15) is 8.42 Å². The number of benzene rings is 1. The van der Waals surface area contributed by atoms with E-state index < -0.39 is 22.3 Å². The van der Waals surface area contributed by atoms with Gasteiger partial charge in [0.15, 0.2) is 5.22 Å². The molecule has 32 heavy (non-hydrogen) atoms. The lowest BCUT2D eigenvalue weighted by Gasteiger charge is -2.32. The number of furan rings is 1. The minimum atomic E-state index is -4.25. The molecule has 2 heterocycles. The molecule has 1 aliphatic heterocycles. The molecule has 0 spiro atoms. The first-order valence-corrected chi connectivity index (χ1v) is 12.9. The van der Waals surface area contributed by atoms with Crippen molar-refractivity contribution in [1.29, 1.82) is 0 Å². The van der Waals surface area contributed by atoms with Gasteiger partial charge in [0.2, 0.25) is 5.88 Å². The highest BCUT2D eigenvalue weighted by molar-refractivity contribution is 7.91. The largest absolute Gasteiger partial charge is 0.428 e. The number of carbonyl (C=O) groups excluding carboxylic acids is 1. The molecule has 172 valence electrons. The number of hydrogen-bond acceptors (Lipinski definition) is 5. The zero-order chi connectivity index (χ0) is 22.3. The topological polar surface area (TPSA) is 101 Å². The predicted octanol–water partition coefficient (Wildman–Crippen LogP) is 3.96. The third kappa shape index (κ3) is 4.09. The van der Waals surface area contributed by atoms with Gasteiger partial charge in [-0.15, -0.1) is 0 Å². The van der Waals surface area contributed by atoms with Gasteiger partial charge < -0.3 is 14.5 Å². The number of anilines is 2. The Hall–Kier alpha value is -2.23. The monoisotopic (exact) mass is 479 g/mol. The number of ether oxygens (including phenoxy) is 1. The van der Waals surface area contributed by atoms with Gasteiger partial charge in [-0.25, -0.2) is 13.8 Å². The third-order valence-electron chi connectivity index (χ3n) is 6.49. The molecule has 0 atom stereocenters. The Morgan fingerprint density at radius 3 is 2.28 bits per heavy atom. The molecule has 0 unspecified atom stereocenters. The van der Waals surface area contributed by atoms with Crippen LogP contribution in [0.25, 0.3) is 0 Å². The average Bonchev–Trinajstić information content (AvgIpc) is 3.49. The van der Waals surface area contributed by atoms with Crippen molar-refractivity contribution in [3.05, 3.63) is 45.7 Å². The van der Waals surface area contributed by atoms with Crippen molar-refractivity contribution in [3.8, 4) is 0 Å². The Morgan fingerprint density at radius 2 is 1.69 bits per heavy atom. The fourth-order valence-electron chi connectivity index (χ4n) is 5.11. The zero-order valence-electron chi connectivity index (χ0n) is 17.7. The van der Waals surface area contributed by atoms with E-state index in [0.29, 0.717) is 26.1 Å². The molecule has 2 aliphatic carbocycles. The van der Waals surface area contributed by atoms with Gasteiger partial charge in [-0.3, -0.25) is 0 Å². The SMILES string of the molecule is O=C(Nc1c2c(cc3c1CCC3)CCC2)NS(=O)(=O)N(c1ccc(Cl)o1)C1CCOCC1. The van der Waals surface area contributed by atoms with Crippen LogP contribution in [0.3, 0.4) is 0 Å². The zero-order valence-corrected chi connectivity index (χ0v) is 19.2. The van der Waals surface area contributed by atoms with Crippen molar-refractivity contribution >= 4 is 39.4 Å². The maximum atomic E-state index is 13.3. The summed E-state index contributed by atoms with van der Waals surface area (Å²) in [5, 5.41) is 2.95. The molecule has 1 aromatic carbocycles. The fourth-order valence-corrected chi connectivity index (χ4v) is 6.57. The quantitative estimate of drug-likeness (QED) is 0.675. The Kier molecular flexibility index (Phi) is 5.81. The summed E-state index contributed by atoms with van der Waals surface area (Å²) in [6.07, 6.45) is 6.84. The van der Waals surface area contributed by atoms with Gasteiger partial charge in [0.1, 0.15) is 0 Å². The molecule has 1 aromatic heterocycles. The first kappa shape index (κ1) is 21.6. The highest BCUT2D eigenvalue weighted by atomic mass is 35.5. The van der Waals surface area contributed by atoms with Crippen LogP contribution >= 0.6 is 11.6 Å². The van der Waals surface area contributed by atoms with Crippen LogP contribution in [0.4, 0.5) is 16.4 Å². The second-order valence-electron chi connectivity index (χ2n) is 8.51. The number of fused-ring (bicyclic) bond motifs is 2. The molecular formula is C22H26ClN3O5S. The van der Waals surface area contributed by atoms with E-state index in [1.54, 1.807) is 0 Å². The lowest BCUT2D eigenvalue weighted by molar-refractivity contribution is 0.0869. The normalized spacial score (nSPS) is 18.3. The van der Waals surface area contributed by atoms with Crippen molar-refractivity contribution < 1.29 is 22.4 Å². The van der Waals surface area contributed by atoms with E-state index in [9.17, 15) is 13.2 Å². The smallest absolute Gasteiger partial charge is 0.334 e. The van der Waals surface area contributed by atoms with Gasteiger partial charge in [0, 0.05) is 25.0 Å². The summed E-state index contributed by atoms with van der Waals surface area (Å²) in [5.41, 5.74) is 5.59. The average molecular weight is 480 g/mol. The molecule has 8 nitrogen and oxygen atoms in total. The molecule has 2 amide bonds. The van der Waals surface area contributed by atoms with Crippen molar-refractivity contribution in [2.45, 2.75) is 57.4 Å². The van der Waals surface area contributed by atoms with Crippen LogP contribution in [0.15, 0.2) is 22.6 Å². The molecule has 3 aliphatic rings. The molecule has 1 fully saturated rings. The minimum absolute atomic E-state index is 0.0729. The van der Waals surface area contributed by atoms with E-state index in [1.807, 2.05) is 0 Å². The van der Waals surface area contributed by atoms with Crippen LogP contribution in [-0.4, -0.2) is 33.7 Å². The van der Waals surface area contributed by atoms with Crippen LogP contribution in [-0.2, 0) is 40.6 Å². The third-order valence-corrected chi connectivity index (χ3v) is 8.13. The fraction of sp³-hybridized carbons (Fsp3) is 0.500. The second-order valence-corrected chi connectivity index (χ2v) is 10.4. The van der Waals surface area contributed by atoms with Crippen molar-refractivity contribution in [2.24, 2.45) is 0 Å². The van der Waals surface area contributed by atoms with Crippen molar-refractivity contribution in [2.75, 3.05) is 22.8 Å². The first-order chi connectivity index (χ1) is 15.4. The van der Waals surface area contributed by atoms with Crippen molar-refractivity contribution in [1.82, 2.24) is 4.72 Å². The van der Waals surface area contributed by atoms with Gasteiger partial charge >= 0.3 is 16.2 Å². The number of hydrogen-bond donors (Lipinski definition) is 2. The van der Waals surface area contributed by atoms with E-state index in [1.165, 1.54) is 23.3 Å². The summed E-state index contributed by atoms with van der Waals surface area (Å²) in [4.78, 5) is 12.9. The Balaban J connectivity index is 1.41. The predicted molar refractivity (Wildman–Crippen MR) is 122 cm³/mol. The van der Waals surface area contributed by atoms with E-state index >= 15 is 0 Å². The number of rotatable bonds is 5. The molecule has 0 radical (unpaired) electrons. The summed E-state index contributed by atoms with van der Waals surface area (Å²) in [6, 6.07) is 4.06. The number of nitrogens with zero attached hydrogens (tertiary/aromatic N) is 1. The van der Waals surface area contributed by atoms with E-state index in [2.05, 4.69) is 16.1 Å². The summed E-state index contributed by atoms with van der Waals surface area (Å²) in [7, 11) is -4.25. The summed E-state index contributed by atoms with van der Waals surface area (Å²) in [5.74, 6) is 0.0729. The summed E-state index contributed by atoms with van der Waals surface area (Å²) in [6.45, 7) is 0.860. The van der Waals surface area contributed by atoms with Crippen LogP contribution < -0.4 is 14.3 Å². The molecule has 10 heteroatoms. The lowest BCUT2D eigenvalue weighted by atomic mass is 9.99. The molecule has 1 saturated heterocycles. The van der Waals surface area contributed by atoms with Gasteiger partial charge in [-0.1, -0.05) is 6.07 Å². The van der Waals surface area contributed by atoms with Crippen LogP contribution in [0.2, 0.25) is 5.22 Å². The second kappa shape index (κ2) is 8.61. The number of aryl methyl sites for hydroxylation is 2. The van der Waals surface area contributed by atoms with Crippen LogP contribution in [0, 0.1) is 0 Å². The van der Waals surface area contributed by atoms with E-state index in [0.717, 1.165) is 59.6 Å². The first-order valence-electron chi connectivity index (χ1n) is 11.0. The molecular weight excluding hydrogens is 454 g/mol. The van der Waals surface area contributed by atoms with E-state index in [4.69, 9.17) is 20.8 Å². The Bertz CT molecular complexity index is 1110. The van der Waals surface area contributed by atoms with Gasteiger partial charge in [0.05, 0.1) is 6.04 Å². The molecule has 2 N–H and O–H groups in total. The number of urea groups is 1. The molecule has 5 rings (SSSR count). The molecule has 0 saturated carbocycles. The van der Waals surface area contributed by atoms with Gasteiger partial charge in [0.25, 0.3) is 0 Å². The summed E-state index contributed by atoms with van der Waals surface area (Å²) >= 11 is 5.90. The number of amides is 2. The Morgan fingerprint density at radius 1 is 1.03 bits per heavy atom. The maximum absolute atomic E-state index is 13.3. The lowest BCUT2D eigenvalue weighted by Crippen LogP contribution is -2.51. The maximum Gasteiger partial charge on any atom is 0.334 e. The molecule has 2 aromatic rings.